The van der Waals surface area contributed by atoms with Crippen LogP contribution in [0.5, 0.6) is 5.75 Å². The number of hydrogen-bond acceptors (Lipinski definition) is 2. The van der Waals surface area contributed by atoms with E-state index in [1.807, 2.05) is 68.4 Å². The zero-order valence-corrected chi connectivity index (χ0v) is 14.1. The Morgan fingerprint density at radius 3 is 2.14 bits per heavy atom. The van der Waals surface area contributed by atoms with E-state index in [4.69, 9.17) is 4.74 Å². The summed E-state index contributed by atoms with van der Waals surface area (Å²) in [6, 6.07) is 17.1. The first kappa shape index (κ1) is 16.4. The third kappa shape index (κ3) is 2.95. The molecule has 0 N–H and O–H groups in total. The first-order chi connectivity index (χ1) is 10.5. The second-order valence-corrected chi connectivity index (χ2v) is 8.65. The van der Waals surface area contributed by atoms with Crippen molar-refractivity contribution < 1.29 is 9.30 Å². The topological polar surface area (TPSA) is 26.3 Å². The molecule has 0 aliphatic heterocycles. The standard InChI is InChI=1S/C19H21O2P/c1-5-19(16-11-13-17(21-4)14-12-16)22(20,15(2)3)18-9-7-6-8-10-18/h6-15H,1H2,2-4H3/t22-/m0/s1. The van der Waals surface area contributed by atoms with E-state index in [-0.39, 0.29) is 5.66 Å². The van der Waals surface area contributed by atoms with Crippen LogP contribution in [-0.2, 0) is 4.57 Å². The number of benzene rings is 2. The highest BCUT2D eigenvalue weighted by molar-refractivity contribution is 7.81. The van der Waals surface area contributed by atoms with E-state index in [1.54, 1.807) is 7.11 Å². The molecular formula is C19H21O2P. The van der Waals surface area contributed by atoms with Gasteiger partial charge in [0.1, 0.15) is 5.75 Å². The lowest BCUT2D eigenvalue weighted by molar-refractivity contribution is 0.415. The Kier molecular flexibility index (Phi) is 5.08. The van der Waals surface area contributed by atoms with Crippen LogP contribution in [0, 0.1) is 0 Å². The molecule has 114 valence electrons. The average Bonchev–Trinajstić information content (AvgIpc) is 2.56. The lowest BCUT2D eigenvalue weighted by atomic mass is 10.2. The van der Waals surface area contributed by atoms with E-state index >= 15 is 0 Å². The van der Waals surface area contributed by atoms with Gasteiger partial charge in [0.15, 0.2) is 7.14 Å². The lowest BCUT2D eigenvalue weighted by Crippen LogP contribution is -2.13. The highest BCUT2D eigenvalue weighted by Gasteiger charge is 2.34. The smallest absolute Gasteiger partial charge is 0.153 e. The first-order valence-corrected chi connectivity index (χ1v) is 9.02. The predicted molar refractivity (Wildman–Crippen MR) is 94.4 cm³/mol. The Balaban J connectivity index is 2.59. The van der Waals surface area contributed by atoms with Crippen molar-refractivity contribution in [2.75, 3.05) is 7.11 Å². The molecule has 0 bridgehead atoms. The van der Waals surface area contributed by atoms with Crippen molar-refractivity contribution in [3.63, 3.8) is 0 Å². The van der Waals surface area contributed by atoms with E-state index in [9.17, 15) is 4.57 Å². The van der Waals surface area contributed by atoms with E-state index in [1.165, 1.54) is 0 Å². The van der Waals surface area contributed by atoms with Crippen molar-refractivity contribution in [1.82, 2.24) is 0 Å². The molecule has 0 aliphatic rings. The molecule has 0 heterocycles. The number of methoxy groups -OCH3 is 1. The van der Waals surface area contributed by atoms with Gasteiger partial charge in [0.25, 0.3) is 0 Å². The van der Waals surface area contributed by atoms with Crippen molar-refractivity contribution in [3.05, 3.63) is 72.5 Å². The molecule has 1 atom stereocenters. The fourth-order valence-corrected chi connectivity index (χ4v) is 5.25. The Morgan fingerprint density at radius 1 is 1.09 bits per heavy atom. The maximum Gasteiger partial charge on any atom is 0.153 e. The molecule has 0 radical (unpaired) electrons. The number of rotatable bonds is 5. The quantitative estimate of drug-likeness (QED) is 0.579. The number of hydrogen-bond donors (Lipinski definition) is 0. The predicted octanol–water partition coefficient (Wildman–Crippen LogP) is 4.92. The van der Waals surface area contributed by atoms with Gasteiger partial charge in [-0.1, -0.05) is 50.8 Å². The zero-order chi connectivity index (χ0) is 16.2. The molecule has 0 saturated heterocycles. The fourth-order valence-electron chi connectivity index (χ4n) is 2.50. The zero-order valence-electron chi connectivity index (χ0n) is 13.2. The Morgan fingerprint density at radius 2 is 1.68 bits per heavy atom. The largest absolute Gasteiger partial charge is 0.497 e. The SMILES string of the molecule is C=C=C(c1ccc(OC)cc1)[P@@](=O)(c1ccccc1)C(C)C. The van der Waals surface area contributed by atoms with Crippen molar-refractivity contribution in [2.24, 2.45) is 0 Å². The second kappa shape index (κ2) is 6.83. The Labute approximate surface area is 132 Å². The van der Waals surface area contributed by atoms with E-state index in [2.05, 4.69) is 12.3 Å². The maximum absolute atomic E-state index is 13.8. The summed E-state index contributed by atoms with van der Waals surface area (Å²) in [7, 11) is -1.17. The maximum atomic E-state index is 13.8. The van der Waals surface area contributed by atoms with Gasteiger partial charge >= 0.3 is 0 Å². The van der Waals surface area contributed by atoms with Gasteiger partial charge in [-0.25, -0.2) is 0 Å². The summed E-state index contributed by atoms with van der Waals surface area (Å²) in [5, 5.41) is 1.52. The minimum atomic E-state index is -2.80. The third-order valence-corrected chi connectivity index (χ3v) is 7.33. The minimum Gasteiger partial charge on any atom is -0.497 e. The van der Waals surface area contributed by atoms with Gasteiger partial charge in [0.05, 0.1) is 12.4 Å². The molecule has 2 rings (SSSR count). The van der Waals surface area contributed by atoms with Gasteiger partial charge in [-0.05, 0) is 29.8 Å². The summed E-state index contributed by atoms with van der Waals surface area (Å²) in [4.78, 5) is 0. The molecular weight excluding hydrogens is 291 g/mol. The summed E-state index contributed by atoms with van der Waals surface area (Å²) < 4.78 is 19.0. The first-order valence-electron chi connectivity index (χ1n) is 7.24. The molecule has 2 aromatic carbocycles. The van der Waals surface area contributed by atoms with Crippen LogP contribution in [0.3, 0.4) is 0 Å². The summed E-state index contributed by atoms with van der Waals surface area (Å²) in [5.74, 6) is 0.770. The van der Waals surface area contributed by atoms with Crippen LogP contribution in [0.15, 0.2) is 66.9 Å². The van der Waals surface area contributed by atoms with Gasteiger partial charge in [0.2, 0.25) is 0 Å². The van der Waals surface area contributed by atoms with Crippen LogP contribution in [-0.4, -0.2) is 12.8 Å². The van der Waals surface area contributed by atoms with E-state index in [0.717, 1.165) is 16.6 Å². The molecule has 0 fully saturated rings. The summed E-state index contributed by atoms with van der Waals surface area (Å²) >= 11 is 0. The molecule has 2 nitrogen and oxygen atoms in total. The Bertz CT molecular complexity index is 724. The van der Waals surface area contributed by atoms with Crippen molar-refractivity contribution in [3.8, 4) is 5.75 Å². The third-order valence-electron chi connectivity index (χ3n) is 3.73. The van der Waals surface area contributed by atoms with Crippen LogP contribution in [0.25, 0.3) is 5.31 Å². The van der Waals surface area contributed by atoms with E-state index < -0.39 is 7.14 Å². The molecule has 0 aliphatic carbocycles. The van der Waals surface area contributed by atoms with Crippen LogP contribution >= 0.6 is 7.14 Å². The van der Waals surface area contributed by atoms with Gasteiger partial charge in [-0.3, -0.25) is 0 Å². The fraction of sp³-hybridized carbons (Fsp3) is 0.211. The van der Waals surface area contributed by atoms with Gasteiger partial charge in [-0.2, -0.15) is 0 Å². The van der Waals surface area contributed by atoms with Crippen LogP contribution in [0.1, 0.15) is 19.4 Å². The monoisotopic (exact) mass is 312 g/mol. The van der Waals surface area contributed by atoms with E-state index in [0.29, 0.717) is 5.31 Å². The molecule has 0 spiro atoms. The normalized spacial score (nSPS) is 13.3. The van der Waals surface area contributed by atoms with Crippen molar-refractivity contribution in [1.29, 1.82) is 0 Å². The summed E-state index contributed by atoms with van der Waals surface area (Å²) in [6.07, 6.45) is 0. The molecule has 0 saturated carbocycles. The second-order valence-electron chi connectivity index (χ2n) is 5.34. The van der Waals surface area contributed by atoms with Crippen LogP contribution in [0.4, 0.5) is 0 Å². The van der Waals surface area contributed by atoms with Crippen LogP contribution in [0.2, 0.25) is 0 Å². The van der Waals surface area contributed by atoms with Crippen molar-refractivity contribution >= 4 is 17.8 Å². The van der Waals surface area contributed by atoms with Gasteiger partial charge in [0, 0.05) is 11.0 Å². The number of ether oxygens (including phenoxy) is 1. The van der Waals surface area contributed by atoms with Crippen LogP contribution < -0.4 is 10.0 Å². The minimum absolute atomic E-state index is 0.0266. The molecule has 0 unspecified atom stereocenters. The molecule has 0 aromatic heterocycles. The van der Waals surface area contributed by atoms with Crippen molar-refractivity contribution in [2.45, 2.75) is 19.5 Å². The molecule has 3 heteroatoms. The Hall–Kier alpha value is -2.01. The summed E-state index contributed by atoms with van der Waals surface area (Å²) in [6.45, 7) is 7.75. The molecule has 22 heavy (non-hydrogen) atoms. The lowest BCUT2D eigenvalue weighted by Gasteiger charge is -2.24. The summed E-state index contributed by atoms with van der Waals surface area (Å²) in [5.41, 5.74) is 3.78. The van der Waals surface area contributed by atoms with Gasteiger partial charge < -0.3 is 9.30 Å². The van der Waals surface area contributed by atoms with Gasteiger partial charge in [-0.15, -0.1) is 5.73 Å². The molecule has 2 aromatic rings. The molecule has 0 amide bonds. The average molecular weight is 312 g/mol. The highest BCUT2D eigenvalue weighted by atomic mass is 31.2. The highest BCUT2D eigenvalue weighted by Crippen LogP contribution is 2.60.